The third-order valence-corrected chi connectivity index (χ3v) is 6.11. The van der Waals surface area contributed by atoms with Crippen LogP contribution in [0, 0.1) is 0 Å². The minimum Gasteiger partial charge on any atom is -0.497 e. The van der Waals surface area contributed by atoms with Gasteiger partial charge in [0.1, 0.15) is 11.4 Å². The van der Waals surface area contributed by atoms with Gasteiger partial charge in [-0.1, -0.05) is 48.9 Å². The van der Waals surface area contributed by atoms with Crippen molar-refractivity contribution in [3.8, 4) is 17.0 Å². The summed E-state index contributed by atoms with van der Waals surface area (Å²) < 4.78 is 7.23. The van der Waals surface area contributed by atoms with Crippen LogP contribution in [0.4, 0.5) is 0 Å². The van der Waals surface area contributed by atoms with E-state index in [2.05, 4.69) is 29.3 Å². The molecule has 0 saturated carbocycles. The zero-order valence-corrected chi connectivity index (χ0v) is 19.0. The molecule has 1 N–H and O–H groups in total. The number of aromatic nitrogens is 2. The number of methoxy groups -OCH3 is 1. The molecule has 1 saturated heterocycles. The highest BCUT2D eigenvalue weighted by Gasteiger charge is 2.21. The Morgan fingerprint density at radius 1 is 1.09 bits per heavy atom. The van der Waals surface area contributed by atoms with Gasteiger partial charge in [0.15, 0.2) is 0 Å². The Bertz CT molecular complexity index is 1030. The lowest BCUT2D eigenvalue weighted by Crippen LogP contribution is -2.44. The van der Waals surface area contributed by atoms with Crippen LogP contribution in [0.15, 0.2) is 60.8 Å². The first-order valence-electron chi connectivity index (χ1n) is 11.4. The van der Waals surface area contributed by atoms with Gasteiger partial charge in [0, 0.05) is 24.3 Å². The summed E-state index contributed by atoms with van der Waals surface area (Å²) in [5.41, 5.74) is 3.26. The van der Waals surface area contributed by atoms with E-state index in [1.54, 1.807) is 7.11 Å². The first-order valence-corrected chi connectivity index (χ1v) is 11.4. The first kappa shape index (κ1) is 22.1. The average Bonchev–Trinajstić information content (AvgIpc) is 3.27. The van der Waals surface area contributed by atoms with Crippen molar-refractivity contribution in [1.82, 2.24) is 20.0 Å². The van der Waals surface area contributed by atoms with E-state index in [0.29, 0.717) is 30.4 Å². The van der Waals surface area contributed by atoms with Crippen molar-refractivity contribution >= 4 is 5.91 Å². The fourth-order valence-corrected chi connectivity index (χ4v) is 4.25. The minimum atomic E-state index is -0.0917. The second-order valence-electron chi connectivity index (χ2n) is 8.46. The molecule has 0 bridgehead atoms. The maximum atomic E-state index is 13.2. The van der Waals surface area contributed by atoms with Gasteiger partial charge >= 0.3 is 0 Å². The van der Waals surface area contributed by atoms with Crippen LogP contribution in [-0.2, 0) is 6.54 Å². The van der Waals surface area contributed by atoms with Gasteiger partial charge in [0.05, 0.1) is 19.2 Å². The molecule has 1 amide bonds. The van der Waals surface area contributed by atoms with Crippen molar-refractivity contribution < 1.29 is 9.53 Å². The van der Waals surface area contributed by atoms with Gasteiger partial charge in [-0.15, -0.1) is 0 Å². The third kappa shape index (κ3) is 5.37. The molecule has 4 rings (SSSR count). The van der Waals surface area contributed by atoms with Crippen molar-refractivity contribution in [2.75, 3.05) is 26.7 Å². The zero-order chi connectivity index (χ0) is 22.3. The number of nitrogens with zero attached hydrogens (tertiary/aromatic N) is 3. The smallest absolute Gasteiger partial charge is 0.255 e. The van der Waals surface area contributed by atoms with E-state index in [9.17, 15) is 4.79 Å². The molecule has 2 heterocycles. The second kappa shape index (κ2) is 10.5. The number of piperidine rings is 1. The monoisotopic (exact) mass is 432 g/mol. The molecule has 32 heavy (non-hydrogen) atoms. The van der Waals surface area contributed by atoms with E-state index in [1.165, 1.54) is 19.3 Å². The van der Waals surface area contributed by atoms with Gasteiger partial charge in [0.25, 0.3) is 5.91 Å². The predicted molar refractivity (Wildman–Crippen MR) is 127 cm³/mol. The quantitative estimate of drug-likeness (QED) is 0.579. The zero-order valence-electron chi connectivity index (χ0n) is 19.0. The number of hydrogen-bond acceptors (Lipinski definition) is 4. The van der Waals surface area contributed by atoms with E-state index in [-0.39, 0.29) is 5.91 Å². The predicted octanol–water partition coefficient (Wildman–Crippen LogP) is 4.21. The highest BCUT2D eigenvalue weighted by Crippen LogP contribution is 2.26. The van der Waals surface area contributed by atoms with Crippen LogP contribution in [0.3, 0.4) is 0 Å². The molecule has 0 unspecified atom stereocenters. The lowest BCUT2D eigenvalue weighted by atomic mass is 10.1. The van der Waals surface area contributed by atoms with Crippen molar-refractivity contribution in [2.24, 2.45) is 0 Å². The molecular formula is C26H32N4O2. The number of amides is 1. The van der Waals surface area contributed by atoms with Crippen molar-refractivity contribution in [2.45, 2.75) is 38.8 Å². The maximum absolute atomic E-state index is 13.2. The van der Waals surface area contributed by atoms with E-state index in [0.717, 1.165) is 30.0 Å². The number of rotatable bonds is 8. The van der Waals surface area contributed by atoms with E-state index >= 15 is 0 Å². The maximum Gasteiger partial charge on any atom is 0.255 e. The summed E-state index contributed by atoms with van der Waals surface area (Å²) in [7, 11) is 1.64. The number of carbonyl (C=O) groups excluding carboxylic acids is 1. The van der Waals surface area contributed by atoms with Gasteiger partial charge in [-0.25, -0.2) is 0 Å². The second-order valence-corrected chi connectivity index (χ2v) is 8.46. The summed E-state index contributed by atoms with van der Waals surface area (Å²) in [6.07, 6.45) is 5.64. The molecule has 168 valence electrons. The van der Waals surface area contributed by atoms with Gasteiger partial charge < -0.3 is 10.1 Å². The normalized spacial score (nSPS) is 15.3. The number of ether oxygens (including phenoxy) is 1. The molecule has 1 atom stereocenters. The standard InChI is InChI=1S/C26H32N4O2/c1-20(29-14-7-4-8-15-29)17-27-26(31)24-19-30(18-21-10-5-3-6-11-21)28-25(24)22-12-9-13-23(16-22)32-2/h3,5-6,9-13,16,19-20H,4,7-8,14-15,17-18H2,1-2H3,(H,27,31)/t20-/m0/s1. The summed E-state index contributed by atoms with van der Waals surface area (Å²) in [5, 5.41) is 7.93. The van der Waals surface area contributed by atoms with Gasteiger partial charge in [-0.2, -0.15) is 5.10 Å². The SMILES string of the molecule is COc1cccc(-c2nn(Cc3ccccc3)cc2C(=O)NC[C@H](C)N2CCCCC2)c1. The molecule has 6 nitrogen and oxygen atoms in total. The molecular weight excluding hydrogens is 400 g/mol. The van der Waals surface area contributed by atoms with Gasteiger partial charge in [0.2, 0.25) is 0 Å². The van der Waals surface area contributed by atoms with Crippen molar-refractivity contribution in [1.29, 1.82) is 0 Å². The molecule has 1 aliphatic rings. The van der Waals surface area contributed by atoms with Crippen LogP contribution in [0.2, 0.25) is 0 Å². The molecule has 2 aromatic carbocycles. The average molecular weight is 433 g/mol. The molecule has 0 radical (unpaired) electrons. The largest absolute Gasteiger partial charge is 0.497 e. The molecule has 6 heteroatoms. The van der Waals surface area contributed by atoms with Crippen LogP contribution in [0.5, 0.6) is 5.75 Å². The Labute approximate surface area is 190 Å². The number of hydrogen-bond donors (Lipinski definition) is 1. The van der Waals surface area contributed by atoms with Crippen LogP contribution in [-0.4, -0.2) is 53.4 Å². The summed E-state index contributed by atoms with van der Waals surface area (Å²) in [6.45, 7) is 5.64. The molecule has 3 aromatic rings. The minimum absolute atomic E-state index is 0.0917. The number of benzene rings is 2. The molecule has 0 spiro atoms. The Morgan fingerprint density at radius 3 is 2.62 bits per heavy atom. The van der Waals surface area contributed by atoms with Crippen LogP contribution in [0.1, 0.15) is 42.1 Å². The molecule has 1 aliphatic heterocycles. The van der Waals surface area contributed by atoms with Gasteiger partial charge in [-0.05, 0) is 50.6 Å². The fraction of sp³-hybridized carbons (Fsp3) is 0.385. The topological polar surface area (TPSA) is 59.4 Å². The molecule has 1 fully saturated rings. The van der Waals surface area contributed by atoms with E-state index in [1.807, 2.05) is 53.3 Å². The number of nitrogens with one attached hydrogen (secondary N) is 1. The highest BCUT2D eigenvalue weighted by molar-refractivity contribution is 5.99. The molecule has 1 aromatic heterocycles. The Morgan fingerprint density at radius 2 is 1.88 bits per heavy atom. The Kier molecular flexibility index (Phi) is 7.22. The van der Waals surface area contributed by atoms with E-state index in [4.69, 9.17) is 9.84 Å². The fourth-order valence-electron chi connectivity index (χ4n) is 4.25. The third-order valence-electron chi connectivity index (χ3n) is 6.11. The van der Waals surface area contributed by atoms with Crippen LogP contribution in [0.25, 0.3) is 11.3 Å². The lowest BCUT2D eigenvalue weighted by molar-refractivity contribution is 0.0930. The summed E-state index contributed by atoms with van der Waals surface area (Å²) in [5.74, 6) is 0.649. The Hall–Kier alpha value is -3.12. The van der Waals surface area contributed by atoms with Crippen LogP contribution < -0.4 is 10.1 Å². The van der Waals surface area contributed by atoms with Gasteiger partial charge in [-0.3, -0.25) is 14.4 Å². The molecule has 0 aliphatic carbocycles. The summed E-state index contributed by atoms with van der Waals surface area (Å²) in [4.78, 5) is 15.7. The van der Waals surface area contributed by atoms with Crippen molar-refractivity contribution in [3.05, 3.63) is 71.9 Å². The Balaban J connectivity index is 1.56. The van der Waals surface area contributed by atoms with E-state index < -0.39 is 0 Å². The highest BCUT2D eigenvalue weighted by atomic mass is 16.5. The summed E-state index contributed by atoms with van der Waals surface area (Å²) in [6, 6.07) is 18.2. The number of carbonyl (C=O) groups is 1. The lowest BCUT2D eigenvalue weighted by Gasteiger charge is -2.32. The summed E-state index contributed by atoms with van der Waals surface area (Å²) >= 11 is 0. The number of likely N-dealkylation sites (tertiary alicyclic amines) is 1. The van der Waals surface area contributed by atoms with Crippen LogP contribution >= 0.6 is 0 Å². The first-order chi connectivity index (χ1) is 15.6. The van der Waals surface area contributed by atoms with Crippen molar-refractivity contribution in [3.63, 3.8) is 0 Å².